The van der Waals surface area contributed by atoms with E-state index in [0.717, 1.165) is 61.9 Å². The van der Waals surface area contributed by atoms with E-state index in [-0.39, 0.29) is 5.75 Å². The van der Waals surface area contributed by atoms with Gasteiger partial charge in [-0.25, -0.2) is 9.97 Å². The summed E-state index contributed by atoms with van der Waals surface area (Å²) in [6, 6.07) is 15.4. The normalized spacial score (nSPS) is 12.4. The van der Waals surface area contributed by atoms with Crippen molar-refractivity contribution < 1.29 is 9.84 Å². The molecule has 0 bridgehead atoms. The molecule has 0 saturated carbocycles. The van der Waals surface area contributed by atoms with Gasteiger partial charge in [0, 0.05) is 41.5 Å². The van der Waals surface area contributed by atoms with Crippen molar-refractivity contribution in [2.75, 3.05) is 17.7 Å². The minimum Gasteiger partial charge on any atom is -0.506 e. The van der Waals surface area contributed by atoms with Crippen molar-refractivity contribution in [1.82, 2.24) is 19.9 Å². The van der Waals surface area contributed by atoms with Gasteiger partial charge in [0.1, 0.15) is 11.5 Å². The predicted octanol–water partition coefficient (Wildman–Crippen LogP) is 5.24. The minimum atomic E-state index is 0.101. The molecule has 0 fully saturated rings. The van der Waals surface area contributed by atoms with E-state index in [1.165, 1.54) is 6.20 Å². The third-order valence-corrected chi connectivity index (χ3v) is 5.78. The SMILES string of the molecule is COc1cccc(-c2ccnc3c2NC=C(c2c[nH]c4ccc(-c5cncc(O)c5)nc24)N3)c1. The molecule has 1 aromatic carbocycles. The Morgan fingerprint density at radius 3 is 2.79 bits per heavy atom. The number of H-pyrrole nitrogens is 1. The summed E-state index contributed by atoms with van der Waals surface area (Å²) in [5, 5.41) is 16.6. The van der Waals surface area contributed by atoms with Gasteiger partial charge in [0.25, 0.3) is 0 Å². The molecule has 0 unspecified atom stereocenters. The first-order valence-corrected chi connectivity index (χ1v) is 10.7. The zero-order chi connectivity index (χ0) is 23.1. The van der Waals surface area contributed by atoms with E-state index in [1.54, 1.807) is 25.6 Å². The van der Waals surface area contributed by atoms with E-state index >= 15 is 0 Å². The van der Waals surface area contributed by atoms with Crippen LogP contribution >= 0.6 is 0 Å². The van der Waals surface area contributed by atoms with Crippen molar-refractivity contribution in [3.8, 4) is 33.9 Å². The number of ether oxygens (including phenoxy) is 1. The Bertz CT molecular complexity index is 1570. The van der Waals surface area contributed by atoms with Crippen LogP contribution in [0.5, 0.6) is 11.5 Å². The molecule has 1 aliphatic rings. The van der Waals surface area contributed by atoms with Crippen molar-refractivity contribution in [2.24, 2.45) is 0 Å². The van der Waals surface area contributed by atoms with E-state index in [4.69, 9.17) is 9.72 Å². The number of nitrogens with one attached hydrogen (secondary N) is 3. The van der Waals surface area contributed by atoms with Crippen LogP contribution in [0.2, 0.25) is 0 Å². The Hall–Kier alpha value is -4.85. The molecule has 5 heterocycles. The van der Waals surface area contributed by atoms with Gasteiger partial charge < -0.3 is 25.5 Å². The number of methoxy groups -OCH3 is 1. The fourth-order valence-corrected chi connectivity index (χ4v) is 4.12. The molecule has 4 aromatic heterocycles. The summed E-state index contributed by atoms with van der Waals surface area (Å²) in [5.41, 5.74) is 7.84. The summed E-state index contributed by atoms with van der Waals surface area (Å²) in [7, 11) is 1.66. The first-order valence-electron chi connectivity index (χ1n) is 10.7. The van der Waals surface area contributed by atoms with Gasteiger partial charge in [-0.2, -0.15) is 0 Å². The van der Waals surface area contributed by atoms with Gasteiger partial charge in [0.2, 0.25) is 0 Å². The van der Waals surface area contributed by atoms with Crippen LogP contribution in [0.15, 0.2) is 79.5 Å². The smallest absolute Gasteiger partial charge is 0.154 e. The van der Waals surface area contributed by atoms with Crippen LogP contribution in [0.3, 0.4) is 0 Å². The van der Waals surface area contributed by atoms with Gasteiger partial charge in [-0.1, -0.05) is 12.1 Å². The lowest BCUT2D eigenvalue weighted by molar-refractivity contribution is 0.415. The predicted molar refractivity (Wildman–Crippen MR) is 132 cm³/mol. The number of fused-ring (bicyclic) bond motifs is 2. The van der Waals surface area contributed by atoms with Crippen LogP contribution in [0.1, 0.15) is 5.56 Å². The molecule has 5 aromatic rings. The number of benzene rings is 1. The number of pyridine rings is 3. The van der Waals surface area contributed by atoms with Crippen LogP contribution in [-0.4, -0.2) is 32.2 Å². The molecule has 0 spiro atoms. The summed E-state index contributed by atoms with van der Waals surface area (Å²) in [5.74, 6) is 1.62. The molecule has 0 aliphatic carbocycles. The number of aromatic amines is 1. The Balaban J connectivity index is 1.38. The maximum atomic E-state index is 9.80. The van der Waals surface area contributed by atoms with E-state index in [1.807, 2.05) is 54.9 Å². The Labute approximate surface area is 195 Å². The highest BCUT2D eigenvalue weighted by molar-refractivity contribution is 5.99. The molecule has 0 atom stereocenters. The summed E-state index contributed by atoms with van der Waals surface area (Å²) in [4.78, 5) is 16.7. The number of aromatic nitrogens is 4. The highest BCUT2D eigenvalue weighted by Gasteiger charge is 2.20. The largest absolute Gasteiger partial charge is 0.506 e. The number of hydrogen-bond acceptors (Lipinski definition) is 7. The number of hydrogen-bond donors (Lipinski definition) is 4. The van der Waals surface area contributed by atoms with Crippen molar-refractivity contribution in [3.63, 3.8) is 0 Å². The number of rotatable bonds is 4. The van der Waals surface area contributed by atoms with Crippen LogP contribution in [0.4, 0.5) is 11.5 Å². The molecule has 0 amide bonds. The van der Waals surface area contributed by atoms with Crippen LogP contribution in [0, 0.1) is 0 Å². The average molecular weight is 448 g/mol. The van der Waals surface area contributed by atoms with Crippen LogP contribution in [-0.2, 0) is 0 Å². The number of aromatic hydroxyl groups is 1. The van der Waals surface area contributed by atoms with Crippen molar-refractivity contribution in [2.45, 2.75) is 0 Å². The molecule has 4 N–H and O–H groups in total. The zero-order valence-electron chi connectivity index (χ0n) is 18.2. The molecule has 6 rings (SSSR count). The maximum Gasteiger partial charge on any atom is 0.154 e. The molecular weight excluding hydrogens is 428 g/mol. The highest BCUT2D eigenvalue weighted by atomic mass is 16.5. The summed E-state index contributed by atoms with van der Waals surface area (Å²) >= 11 is 0. The van der Waals surface area contributed by atoms with Gasteiger partial charge in [0.15, 0.2) is 5.82 Å². The quantitative estimate of drug-likeness (QED) is 0.298. The van der Waals surface area contributed by atoms with Gasteiger partial charge in [-0.3, -0.25) is 4.98 Å². The van der Waals surface area contributed by atoms with Gasteiger partial charge >= 0.3 is 0 Å². The molecule has 8 nitrogen and oxygen atoms in total. The fraction of sp³-hybridized carbons (Fsp3) is 0.0385. The summed E-state index contributed by atoms with van der Waals surface area (Å²) < 4.78 is 5.38. The third kappa shape index (κ3) is 3.38. The second kappa shape index (κ2) is 7.93. The van der Waals surface area contributed by atoms with E-state index in [0.29, 0.717) is 0 Å². The molecule has 0 saturated heterocycles. The highest BCUT2D eigenvalue weighted by Crippen LogP contribution is 2.39. The minimum absolute atomic E-state index is 0.101. The lowest BCUT2D eigenvalue weighted by atomic mass is 10.0. The first-order chi connectivity index (χ1) is 16.7. The maximum absolute atomic E-state index is 9.80. The fourth-order valence-electron chi connectivity index (χ4n) is 4.12. The Morgan fingerprint density at radius 2 is 1.91 bits per heavy atom. The van der Waals surface area contributed by atoms with Gasteiger partial charge in [-0.15, -0.1) is 0 Å². The third-order valence-electron chi connectivity index (χ3n) is 5.78. The summed E-state index contributed by atoms with van der Waals surface area (Å²) in [6.45, 7) is 0. The monoisotopic (exact) mass is 448 g/mol. The lowest BCUT2D eigenvalue weighted by Crippen LogP contribution is -2.11. The average Bonchev–Trinajstić information content (AvgIpc) is 3.31. The van der Waals surface area contributed by atoms with Crippen molar-refractivity contribution in [1.29, 1.82) is 0 Å². The van der Waals surface area contributed by atoms with E-state index in [9.17, 15) is 5.11 Å². The van der Waals surface area contributed by atoms with Crippen molar-refractivity contribution in [3.05, 3.63) is 85.1 Å². The molecular formula is C26H20N6O2. The number of nitrogens with zero attached hydrogens (tertiary/aromatic N) is 3. The Morgan fingerprint density at radius 1 is 0.971 bits per heavy atom. The van der Waals surface area contributed by atoms with Gasteiger partial charge in [-0.05, 0) is 42.0 Å². The lowest BCUT2D eigenvalue weighted by Gasteiger charge is -2.22. The topological polar surface area (TPSA) is 108 Å². The molecule has 1 aliphatic heterocycles. The molecule has 34 heavy (non-hydrogen) atoms. The molecule has 166 valence electrons. The van der Waals surface area contributed by atoms with Crippen LogP contribution < -0.4 is 15.4 Å². The number of anilines is 2. The molecule has 8 heteroatoms. The Kier molecular flexibility index (Phi) is 4.62. The first kappa shape index (κ1) is 19.8. The molecule has 0 radical (unpaired) electrons. The standard InChI is InChI=1S/C26H20N6O2/c1-34-18-4-2-3-15(10-18)19-7-8-28-26-25(19)30-14-23(32-26)20-13-29-22-6-5-21(31-24(20)22)16-9-17(33)12-27-11-16/h2-14,29-30,33H,1H3,(H,28,32). The second-order valence-corrected chi connectivity index (χ2v) is 7.87. The summed E-state index contributed by atoms with van der Waals surface area (Å²) in [6.07, 6.45) is 8.70. The van der Waals surface area contributed by atoms with E-state index in [2.05, 4.69) is 25.6 Å². The van der Waals surface area contributed by atoms with E-state index < -0.39 is 0 Å². The van der Waals surface area contributed by atoms with Crippen molar-refractivity contribution >= 4 is 28.2 Å². The van der Waals surface area contributed by atoms with Crippen LogP contribution in [0.25, 0.3) is 39.1 Å². The zero-order valence-corrected chi connectivity index (χ0v) is 18.2. The van der Waals surface area contributed by atoms with Gasteiger partial charge in [0.05, 0.1) is 41.4 Å². The second-order valence-electron chi connectivity index (χ2n) is 7.87.